The van der Waals surface area contributed by atoms with E-state index in [0.29, 0.717) is 23.6 Å². The molecular formula is C16H14INO2. The van der Waals surface area contributed by atoms with Gasteiger partial charge in [0, 0.05) is 15.3 Å². The minimum Gasteiger partial charge on any atom is -0.489 e. The van der Waals surface area contributed by atoms with E-state index in [1.54, 1.807) is 18.2 Å². The molecule has 0 heterocycles. The highest BCUT2D eigenvalue weighted by Gasteiger charge is 2.09. The van der Waals surface area contributed by atoms with E-state index in [9.17, 15) is 4.79 Å². The number of benzene rings is 2. The van der Waals surface area contributed by atoms with E-state index >= 15 is 0 Å². The monoisotopic (exact) mass is 379 g/mol. The number of hydrogen-bond donors (Lipinski definition) is 1. The molecule has 2 aromatic carbocycles. The number of hydrogen-bond acceptors (Lipinski definition) is 2. The summed E-state index contributed by atoms with van der Waals surface area (Å²) in [5, 5.41) is 2.87. The quantitative estimate of drug-likeness (QED) is 0.627. The third kappa shape index (κ3) is 3.84. The number of carbonyl (C=O) groups is 1. The molecule has 0 bridgehead atoms. The minimum atomic E-state index is -0.129. The zero-order valence-corrected chi connectivity index (χ0v) is 13.0. The summed E-state index contributed by atoms with van der Waals surface area (Å²) in [7, 11) is 0. The summed E-state index contributed by atoms with van der Waals surface area (Å²) < 4.78 is 6.35. The van der Waals surface area contributed by atoms with Gasteiger partial charge in [-0.2, -0.15) is 0 Å². The molecule has 0 unspecified atom stereocenters. The summed E-state index contributed by atoms with van der Waals surface area (Å²) in [5.41, 5.74) is 1.36. The van der Waals surface area contributed by atoms with Gasteiger partial charge in [0.05, 0.1) is 5.56 Å². The molecule has 2 aromatic rings. The number of carbonyl (C=O) groups excluding carboxylic acids is 1. The van der Waals surface area contributed by atoms with Gasteiger partial charge in [-0.05, 0) is 46.9 Å². The Morgan fingerprint density at radius 2 is 2.05 bits per heavy atom. The number of rotatable bonds is 5. The summed E-state index contributed by atoms with van der Waals surface area (Å²) in [4.78, 5) is 12.2. The summed E-state index contributed by atoms with van der Waals surface area (Å²) in [6.07, 6.45) is 1.68. The van der Waals surface area contributed by atoms with Crippen molar-refractivity contribution in [3.8, 4) is 5.75 Å². The van der Waals surface area contributed by atoms with Crippen LogP contribution in [0, 0.1) is 3.57 Å². The van der Waals surface area contributed by atoms with Crippen molar-refractivity contribution >= 4 is 34.2 Å². The van der Waals surface area contributed by atoms with E-state index < -0.39 is 0 Å². The van der Waals surface area contributed by atoms with Crippen LogP contribution in [0.5, 0.6) is 5.75 Å². The van der Waals surface area contributed by atoms with Crippen molar-refractivity contribution in [3.63, 3.8) is 0 Å². The standard InChI is InChI=1S/C16H14INO2/c1-2-10-20-13-7-5-6-12(11-13)18-16(19)14-8-3-4-9-15(14)17/h2-9,11H,1,10H2,(H,18,19). The normalized spacial score (nSPS) is 9.85. The van der Waals surface area contributed by atoms with Crippen molar-refractivity contribution in [1.82, 2.24) is 0 Å². The minimum absolute atomic E-state index is 0.129. The van der Waals surface area contributed by atoms with Crippen LogP contribution in [0.15, 0.2) is 61.2 Å². The molecule has 0 saturated carbocycles. The van der Waals surface area contributed by atoms with E-state index in [1.165, 1.54) is 0 Å². The van der Waals surface area contributed by atoms with E-state index in [0.717, 1.165) is 3.57 Å². The fourth-order valence-electron chi connectivity index (χ4n) is 1.66. The number of amides is 1. The molecule has 2 rings (SSSR count). The lowest BCUT2D eigenvalue weighted by molar-refractivity contribution is 0.102. The fraction of sp³-hybridized carbons (Fsp3) is 0.0625. The van der Waals surface area contributed by atoms with Gasteiger partial charge in [0.1, 0.15) is 12.4 Å². The summed E-state index contributed by atoms with van der Waals surface area (Å²) in [5.74, 6) is 0.571. The van der Waals surface area contributed by atoms with Gasteiger partial charge in [0.15, 0.2) is 0 Å². The highest BCUT2D eigenvalue weighted by Crippen LogP contribution is 2.19. The number of halogens is 1. The van der Waals surface area contributed by atoms with Gasteiger partial charge in [-0.15, -0.1) is 0 Å². The van der Waals surface area contributed by atoms with Crippen molar-refractivity contribution in [2.75, 3.05) is 11.9 Å². The molecule has 102 valence electrons. The van der Waals surface area contributed by atoms with Crippen LogP contribution in [-0.2, 0) is 0 Å². The lowest BCUT2D eigenvalue weighted by Crippen LogP contribution is -2.13. The Kier molecular flexibility index (Phi) is 5.17. The highest BCUT2D eigenvalue weighted by atomic mass is 127. The van der Waals surface area contributed by atoms with E-state index in [4.69, 9.17) is 4.74 Å². The maximum atomic E-state index is 12.2. The lowest BCUT2D eigenvalue weighted by atomic mass is 10.2. The van der Waals surface area contributed by atoms with Crippen LogP contribution in [0.2, 0.25) is 0 Å². The van der Waals surface area contributed by atoms with Crippen LogP contribution in [0.25, 0.3) is 0 Å². The van der Waals surface area contributed by atoms with Gasteiger partial charge >= 0.3 is 0 Å². The first-order chi connectivity index (χ1) is 9.70. The zero-order valence-electron chi connectivity index (χ0n) is 10.8. The average molecular weight is 379 g/mol. The Morgan fingerprint density at radius 1 is 1.25 bits per heavy atom. The maximum Gasteiger partial charge on any atom is 0.256 e. The van der Waals surface area contributed by atoms with Gasteiger partial charge in [-0.3, -0.25) is 4.79 Å². The van der Waals surface area contributed by atoms with Crippen LogP contribution in [0.1, 0.15) is 10.4 Å². The first kappa shape index (κ1) is 14.6. The number of anilines is 1. The number of ether oxygens (including phenoxy) is 1. The Bertz CT molecular complexity index is 625. The molecule has 1 amide bonds. The van der Waals surface area contributed by atoms with E-state index in [1.807, 2.05) is 36.4 Å². The lowest BCUT2D eigenvalue weighted by Gasteiger charge is -2.09. The largest absolute Gasteiger partial charge is 0.489 e. The molecule has 0 fully saturated rings. The van der Waals surface area contributed by atoms with Gasteiger partial charge in [0.2, 0.25) is 0 Å². The molecule has 3 nitrogen and oxygen atoms in total. The SMILES string of the molecule is C=CCOc1cccc(NC(=O)c2ccccc2I)c1. The first-order valence-electron chi connectivity index (χ1n) is 6.10. The molecule has 0 saturated heterocycles. The molecule has 1 N–H and O–H groups in total. The molecule has 0 spiro atoms. The first-order valence-corrected chi connectivity index (χ1v) is 7.18. The van der Waals surface area contributed by atoms with Gasteiger partial charge in [-0.25, -0.2) is 0 Å². The van der Waals surface area contributed by atoms with Gasteiger partial charge < -0.3 is 10.1 Å². The molecule has 0 aromatic heterocycles. The summed E-state index contributed by atoms with van der Waals surface area (Å²) in [6.45, 7) is 4.04. The Labute approximate surface area is 131 Å². The average Bonchev–Trinajstić information content (AvgIpc) is 2.46. The van der Waals surface area contributed by atoms with Crippen molar-refractivity contribution < 1.29 is 9.53 Å². The zero-order chi connectivity index (χ0) is 14.4. The number of nitrogens with one attached hydrogen (secondary N) is 1. The molecule has 0 aliphatic carbocycles. The second-order valence-corrected chi connectivity index (χ2v) is 5.22. The van der Waals surface area contributed by atoms with Crippen molar-refractivity contribution in [2.24, 2.45) is 0 Å². The molecular weight excluding hydrogens is 365 g/mol. The molecule has 0 atom stereocenters. The van der Waals surface area contributed by atoms with Crippen molar-refractivity contribution in [2.45, 2.75) is 0 Å². The molecule has 0 aliphatic rings. The fourth-order valence-corrected chi connectivity index (χ4v) is 2.29. The van der Waals surface area contributed by atoms with Crippen LogP contribution >= 0.6 is 22.6 Å². The smallest absolute Gasteiger partial charge is 0.256 e. The van der Waals surface area contributed by atoms with Crippen molar-refractivity contribution in [1.29, 1.82) is 0 Å². The molecule has 0 radical (unpaired) electrons. The molecule has 0 aliphatic heterocycles. The van der Waals surface area contributed by atoms with Crippen LogP contribution in [0.3, 0.4) is 0 Å². The predicted molar refractivity (Wildman–Crippen MR) is 89.2 cm³/mol. The third-order valence-corrected chi connectivity index (χ3v) is 3.52. The Balaban J connectivity index is 2.12. The Hall–Kier alpha value is -1.82. The van der Waals surface area contributed by atoms with Gasteiger partial charge in [-0.1, -0.05) is 30.9 Å². The molecule has 20 heavy (non-hydrogen) atoms. The van der Waals surface area contributed by atoms with Gasteiger partial charge in [0.25, 0.3) is 5.91 Å². The van der Waals surface area contributed by atoms with Crippen LogP contribution < -0.4 is 10.1 Å². The topological polar surface area (TPSA) is 38.3 Å². The van der Waals surface area contributed by atoms with E-state index in [2.05, 4.69) is 34.5 Å². The van der Waals surface area contributed by atoms with E-state index in [-0.39, 0.29) is 5.91 Å². The molecule has 4 heteroatoms. The third-order valence-electron chi connectivity index (χ3n) is 2.58. The predicted octanol–water partition coefficient (Wildman–Crippen LogP) is 4.11. The van der Waals surface area contributed by atoms with Crippen LogP contribution in [-0.4, -0.2) is 12.5 Å². The Morgan fingerprint density at radius 3 is 2.80 bits per heavy atom. The van der Waals surface area contributed by atoms with Crippen molar-refractivity contribution in [3.05, 3.63) is 70.3 Å². The maximum absolute atomic E-state index is 12.2. The van der Waals surface area contributed by atoms with Crippen LogP contribution in [0.4, 0.5) is 5.69 Å². The highest BCUT2D eigenvalue weighted by molar-refractivity contribution is 14.1. The second kappa shape index (κ2) is 7.09. The summed E-state index contributed by atoms with van der Waals surface area (Å²) in [6, 6.07) is 14.7. The second-order valence-electron chi connectivity index (χ2n) is 4.06. The summed E-state index contributed by atoms with van der Waals surface area (Å²) >= 11 is 2.15.